The second kappa shape index (κ2) is 10.5. The Balaban J connectivity index is 0.00000361. The van der Waals surface area contributed by atoms with Gasteiger partial charge in [-0.2, -0.15) is 0 Å². The predicted octanol–water partition coefficient (Wildman–Crippen LogP) is 2.47. The fraction of sp³-hybridized carbons (Fsp3) is 0.429. The SMILES string of the molecule is C=C(C)CNC(N)=NCc1cccnc1OCCC.I. The molecule has 5 nitrogen and oxygen atoms in total. The molecule has 0 saturated carbocycles. The van der Waals surface area contributed by atoms with Crippen molar-refractivity contribution < 1.29 is 4.74 Å². The summed E-state index contributed by atoms with van der Waals surface area (Å²) < 4.78 is 5.56. The Morgan fingerprint density at radius 3 is 2.95 bits per heavy atom. The topological polar surface area (TPSA) is 72.5 Å². The minimum atomic E-state index is 0. The molecule has 0 amide bonds. The van der Waals surface area contributed by atoms with Gasteiger partial charge in [-0.15, -0.1) is 24.0 Å². The maximum atomic E-state index is 5.76. The molecule has 0 spiro atoms. The molecular weight excluding hydrogens is 367 g/mol. The standard InChI is InChI=1S/C14H22N4O.HI/c1-4-8-19-13-12(6-5-7-16-13)10-18-14(15)17-9-11(2)3;/h5-7H,2,4,8-10H2,1,3H3,(H3,15,17,18);1H. The number of nitrogens with two attached hydrogens (primary N) is 1. The largest absolute Gasteiger partial charge is 0.477 e. The normalized spacial score (nSPS) is 10.6. The van der Waals surface area contributed by atoms with E-state index in [2.05, 4.69) is 28.8 Å². The molecule has 0 aromatic carbocycles. The number of aromatic nitrogens is 1. The summed E-state index contributed by atoms with van der Waals surface area (Å²) in [5.41, 5.74) is 7.69. The molecule has 1 heterocycles. The number of guanidine groups is 1. The molecular formula is C14H23IN4O. The zero-order valence-corrected chi connectivity index (χ0v) is 14.4. The van der Waals surface area contributed by atoms with Gasteiger partial charge in [0.05, 0.1) is 13.2 Å². The third kappa shape index (κ3) is 7.32. The fourth-order valence-corrected chi connectivity index (χ4v) is 1.34. The summed E-state index contributed by atoms with van der Waals surface area (Å²) in [4.78, 5) is 8.46. The zero-order valence-electron chi connectivity index (χ0n) is 12.1. The number of nitrogens with one attached hydrogen (secondary N) is 1. The number of hydrogen-bond acceptors (Lipinski definition) is 3. The van der Waals surface area contributed by atoms with Gasteiger partial charge in [-0.1, -0.05) is 25.1 Å². The van der Waals surface area contributed by atoms with E-state index in [4.69, 9.17) is 10.5 Å². The first-order valence-corrected chi connectivity index (χ1v) is 6.38. The first kappa shape index (κ1) is 18.7. The van der Waals surface area contributed by atoms with Crippen molar-refractivity contribution in [3.63, 3.8) is 0 Å². The summed E-state index contributed by atoms with van der Waals surface area (Å²) in [5.74, 6) is 1.02. The van der Waals surface area contributed by atoms with Crippen molar-refractivity contribution >= 4 is 29.9 Å². The third-order valence-electron chi connectivity index (χ3n) is 2.28. The van der Waals surface area contributed by atoms with Gasteiger partial charge >= 0.3 is 0 Å². The molecule has 1 aromatic rings. The second-order valence-electron chi connectivity index (χ2n) is 4.33. The van der Waals surface area contributed by atoms with Crippen LogP contribution in [0.5, 0.6) is 5.88 Å². The average Bonchev–Trinajstić information content (AvgIpc) is 2.41. The molecule has 0 fully saturated rings. The van der Waals surface area contributed by atoms with E-state index in [0.717, 1.165) is 17.6 Å². The highest BCUT2D eigenvalue weighted by Gasteiger charge is 2.03. The summed E-state index contributed by atoms with van der Waals surface area (Å²) >= 11 is 0. The van der Waals surface area contributed by atoms with Gasteiger partial charge < -0.3 is 15.8 Å². The highest BCUT2D eigenvalue weighted by Crippen LogP contribution is 2.15. The smallest absolute Gasteiger partial charge is 0.218 e. The van der Waals surface area contributed by atoms with Crippen LogP contribution < -0.4 is 15.8 Å². The molecule has 0 bridgehead atoms. The molecule has 0 atom stereocenters. The third-order valence-corrected chi connectivity index (χ3v) is 2.28. The molecule has 1 aromatic heterocycles. The molecule has 1 rings (SSSR count). The maximum absolute atomic E-state index is 5.76. The van der Waals surface area contributed by atoms with Crippen molar-refractivity contribution in [2.24, 2.45) is 10.7 Å². The van der Waals surface area contributed by atoms with E-state index in [0.29, 0.717) is 31.5 Å². The van der Waals surface area contributed by atoms with Gasteiger partial charge in [-0.3, -0.25) is 0 Å². The van der Waals surface area contributed by atoms with Gasteiger partial charge in [-0.25, -0.2) is 9.98 Å². The van der Waals surface area contributed by atoms with Crippen LogP contribution in [0.4, 0.5) is 0 Å². The van der Waals surface area contributed by atoms with Crippen LogP contribution >= 0.6 is 24.0 Å². The number of nitrogens with zero attached hydrogens (tertiary/aromatic N) is 2. The Labute approximate surface area is 137 Å². The van der Waals surface area contributed by atoms with E-state index in [1.54, 1.807) is 6.20 Å². The monoisotopic (exact) mass is 390 g/mol. The molecule has 0 saturated heterocycles. The van der Waals surface area contributed by atoms with Gasteiger partial charge in [0.2, 0.25) is 5.88 Å². The van der Waals surface area contributed by atoms with Crippen LogP contribution in [0.25, 0.3) is 0 Å². The Kier molecular flexibility index (Phi) is 9.79. The van der Waals surface area contributed by atoms with Crippen LogP contribution in [-0.4, -0.2) is 24.1 Å². The number of ether oxygens (including phenoxy) is 1. The summed E-state index contributed by atoms with van der Waals surface area (Å²) in [6.07, 6.45) is 2.66. The quantitative estimate of drug-likeness (QED) is 0.325. The average molecular weight is 390 g/mol. The molecule has 112 valence electrons. The van der Waals surface area contributed by atoms with E-state index < -0.39 is 0 Å². The summed E-state index contributed by atoms with van der Waals surface area (Å²) in [6.45, 7) is 9.50. The lowest BCUT2D eigenvalue weighted by Gasteiger charge is -2.08. The van der Waals surface area contributed by atoms with Crippen LogP contribution in [-0.2, 0) is 6.54 Å². The van der Waals surface area contributed by atoms with Crippen molar-refractivity contribution in [2.75, 3.05) is 13.2 Å². The Bertz CT molecular complexity index is 449. The van der Waals surface area contributed by atoms with Crippen molar-refractivity contribution in [3.05, 3.63) is 36.0 Å². The number of aliphatic imine (C=N–C) groups is 1. The van der Waals surface area contributed by atoms with Gasteiger partial charge in [0.25, 0.3) is 0 Å². The molecule has 0 unspecified atom stereocenters. The van der Waals surface area contributed by atoms with Crippen LogP contribution in [0.15, 0.2) is 35.5 Å². The minimum absolute atomic E-state index is 0. The number of hydrogen-bond donors (Lipinski definition) is 2. The Morgan fingerprint density at radius 2 is 2.30 bits per heavy atom. The van der Waals surface area contributed by atoms with Gasteiger partial charge in [-0.05, 0) is 19.4 Å². The van der Waals surface area contributed by atoms with Crippen LogP contribution in [0.1, 0.15) is 25.8 Å². The van der Waals surface area contributed by atoms with Gasteiger partial charge in [0.15, 0.2) is 5.96 Å². The first-order chi connectivity index (χ1) is 9.13. The van der Waals surface area contributed by atoms with Gasteiger partial charge in [0, 0.05) is 18.3 Å². The lowest BCUT2D eigenvalue weighted by Crippen LogP contribution is -2.32. The van der Waals surface area contributed by atoms with E-state index in [1.165, 1.54) is 0 Å². The van der Waals surface area contributed by atoms with E-state index in [-0.39, 0.29) is 24.0 Å². The predicted molar refractivity (Wildman–Crippen MR) is 93.6 cm³/mol. The molecule has 6 heteroatoms. The second-order valence-corrected chi connectivity index (χ2v) is 4.33. The van der Waals surface area contributed by atoms with Crippen LogP contribution in [0, 0.1) is 0 Å². The number of pyridine rings is 1. The molecule has 0 aliphatic heterocycles. The molecule has 0 aliphatic carbocycles. The lowest BCUT2D eigenvalue weighted by molar-refractivity contribution is 0.302. The molecule has 3 N–H and O–H groups in total. The van der Waals surface area contributed by atoms with Crippen LogP contribution in [0.2, 0.25) is 0 Å². The number of rotatable bonds is 7. The Morgan fingerprint density at radius 1 is 1.55 bits per heavy atom. The molecule has 0 aliphatic rings. The summed E-state index contributed by atoms with van der Waals surface area (Å²) in [5, 5.41) is 2.98. The van der Waals surface area contributed by atoms with Crippen molar-refractivity contribution in [1.82, 2.24) is 10.3 Å². The van der Waals surface area contributed by atoms with Gasteiger partial charge in [0.1, 0.15) is 0 Å². The van der Waals surface area contributed by atoms with Crippen molar-refractivity contribution in [2.45, 2.75) is 26.8 Å². The highest BCUT2D eigenvalue weighted by molar-refractivity contribution is 14.0. The highest BCUT2D eigenvalue weighted by atomic mass is 127. The van der Waals surface area contributed by atoms with Crippen LogP contribution in [0.3, 0.4) is 0 Å². The molecule has 0 radical (unpaired) electrons. The maximum Gasteiger partial charge on any atom is 0.218 e. The summed E-state index contributed by atoms with van der Waals surface area (Å²) in [7, 11) is 0. The zero-order chi connectivity index (χ0) is 14.1. The van der Waals surface area contributed by atoms with E-state index in [9.17, 15) is 0 Å². The van der Waals surface area contributed by atoms with Crippen molar-refractivity contribution in [1.29, 1.82) is 0 Å². The van der Waals surface area contributed by atoms with E-state index in [1.807, 2.05) is 19.1 Å². The summed E-state index contributed by atoms with van der Waals surface area (Å²) in [6, 6.07) is 3.80. The van der Waals surface area contributed by atoms with Crippen molar-refractivity contribution in [3.8, 4) is 5.88 Å². The lowest BCUT2D eigenvalue weighted by atomic mass is 10.3. The first-order valence-electron chi connectivity index (χ1n) is 6.38. The Hall–Kier alpha value is -1.31. The molecule has 20 heavy (non-hydrogen) atoms. The fourth-order valence-electron chi connectivity index (χ4n) is 1.34. The number of halogens is 1. The minimum Gasteiger partial charge on any atom is -0.477 e. The van der Waals surface area contributed by atoms with E-state index >= 15 is 0 Å².